The third-order valence-corrected chi connectivity index (χ3v) is 3.38. The Bertz CT molecular complexity index is 417. The number of benzene rings is 1. The van der Waals surface area contributed by atoms with Crippen LogP contribution in [0.2, 0.25) is 5.02 Å². The molecule has 0 spiro atoms. The van der Waals surface area contributed by atoms with Crippen LogP contribution in [0.5, 0.6) is 5.75 Å². The lowest BCUT2D eigenvalue weighted by molar-refractivity contribution is 0.349. The molecule has 19 heavy (non-hydrogen) atoms. The summed E-state index contributed by atoms with van der Waals surface area (Å²) in [5.41, 5.74) is 2.25. The number of hydrogen-bond donors (Lipinski definition) is 1. The van der Waals surface area contributed by atoms with Crippen molar-refractivity contribution in [2.75, 3.05) is 13.2 Å². The first-order valence-electron chi connectivity index (χ1n) is 6.90. The van der Waals surface area contributed by atoms with E-state index in [2.05, 4.69) is 38.7 Å². The van der Waals surface area contributed by atoms with Gasteiger partial charge in [-0.05, 0) is 49.6 Å². The van der Waals surface area contributed by atoms with Gasteiger partial charge in [-0.25, -0.2) is 0 Å². The van der Waals surface area contributed by atoms with Crippen molar-refractivity contribution < 1.29 is 4.74 Å². The Balaban J connectivity index is 2.66. The summed E-state index contributed by atoms with van der Waals surface area (Å²) in [6.07, 6.45) is 2.05. The zero-order chi connectivity index (χ0) is 14.3. The van der Waals surface area contributed by atoms with E-state index in [1.54, 1.807) is 0 Å². The first-order chi connectivity index (χ1) is 9.08. The lowest BCUT2D eigenvalue weighted by Gasteiger charge is -2.15. The Hall–Kier alpha value is -0.990. The van der Waals surface area contributed by atoms with Gasteiger partial charge in [0.05, 0.1) is 5.02 Å². The topological polar surface area (TPSA) is 21.3 Å². The second kappa shape index (κ2) is 8.23. The molecule has 0 heterocycles. The molecule has 1 N–H and O–H groups in total. The maximum absolute atomic E-state index is 6.25. The smallest absolute Gasteiger partial charge is 0.138 e. The summed E-state index contributed by atoms with van der Waals surface area (Å²) in [4.78, 5) is 0. The van der Waals surface area contributed by atoms with Crippen molar-refractivity contribution >= 4 is 11.6 Å². The molecule has 0 aromatic heterocycles. The monoisotopic (exact) mass is 281 g/mol. The highest BCUT2D eigenvalue weighted by molar-refractivity contribution is 6.32. The van der Waals surface area contributed by atoms with Crippen LogP contribution >= 0.6 is 11.6 Å². The number of nitrogens with one attached hydrogen (secondary N) is 1. The lowest BCUT2D eigenvalue weighted by atomic mass is 10.1. The van der Waals surface area contributed by atoms with Crippen LogP contribution in [0.1, 0.15) is 45.2 Å². The number of hydrogen-bond acceptors (Lipinski definition) is 2. The average molecular weight is 282 g/mol. The second-order valence-electron chi connectivity index (χ2n) is 4.76. The molecular weight excluding hydrogens is 258 g/mol. The Labute approximate surface area is 121 Å². The van der Waals surface area contributed by atoms with Crippen molar-refractivity contribution in [3.05, 3.63) is 40.9 Å². The van der Waals surface area contributed by atoms with Crippen LogP contribution < -0.4 is 10.1 Å². The highest BCUT2D eigenvalue weighted by Crippen LogP contribution is 2.28. The zero-order valence-electron chi connectivity index (χ0n) is 12.1. The summed E-state index contributed by atoms with van der Waals surface area (Å²) in [6, 6.07) is 6.27. The predicted molar refractivity (Wildman–Crippen MR) is 83.1 cm³/mol. The minimum absolute atomic E-state index is 0.303. The molecule has 0 saturated heterocycles. The van der Waals surface area contributed by atoms with Gasteiger partial charge in [0.25, 0.3) is 0 Å². The van der Waals surface area contributed by atoms with E-state index in [9.17, 15) is 0 Å². The standard InChI is InChI=1S/C16H24ClNO/c1-5-9-18-13(4)14-7-8-16(15(17)10-14)19-11-12(3)6-2/h7-8,10,13,18H,3,5-6,9,11H2,1-2,4H3. The van der Waals surface area contributed by atoms with Gasteiger partial charge >= 0.3 is 0 Å². The Morgan fingerprint density at radius 3 is 2.74 bits per heavy atom. The van der Waals surface area contributed by atoms with E-state index in [0.29, 0.717) is 17.7 Å². The van der Waals surface area contributed by atoms with Gasteiger partial charge in [0.2, 0.25) is 0 Å². The van der Waals surface area contributed by atoms with Gasteiger partial charge in [-0.2, -0.15) is 0 Å². The van der Waals surface area contributed by atoms with E-state index in [4.69, 9.17) is 16.3 Å². The predicted octanol–water partition coefficient (Wildman–Crippen LogP) is 4.75. The van der Waals surface area contributed by atoms with Gasteiger partial charge in [0.15, 0.2) is 0 Å². The molecule has 0 aliphatic rings. The molecule has 106 valence electrons. The molecule has 0 bridgehead atoms. The van der Waals surface area contributed by atoms with Gasteiger partial charge in [-0.3, -0.25) is 0 Å². The molecule has 0 amide bonds. The molecule has 1 aromatic carbocycles. The van der Waals surface area contributed by atoms with Crippen molar-refractivity contribution in [1.29, 1.82) is 0 Å². The highest BCUT2D eigenvalue weighted by atomic mass is 35.5. The highest BCUT2D eigenvalue weighted by Gasteiger charge is 2.08. The van der Waals surface area contributed by atoms with Gasteiger partial charge in [0.1, 0.15) is 12.4 Å². The zero-order valence-corrected chi connectivity index (χ0v) is 12.9. The van der Waals surface area contributed by atoms with Crippen LogP contribution in [0.3, 0.4) is 0 Å². The molecule has 0 aliphatic carbocycles. The summed E-state index contributed by atoms with van der Waals surface area (Å²) in [7, 11) is 0. The molecule has 3 heteroatoms. The summed E-state index contributed by atoms with van der Waals surface area (Å²) >= 11 is 6.25. The molecule has 0 radical (unpaired) electrons. The largest absolute Gasteiger partial charge is 0.488 e. The van der Waals surface area contributed by atoms with E-state index in [-0.39, 0.29) is 0 Å². The fourth-order valence-corrected chi connectivity index (χ4v) is 1.91. The Morgan fingerprint density at radius 2 is 2.16 bits per heavy atom. The third-order valence-electron chi connectivity index (χ3n) is 3.09. The van der Waals surface area contributed by atoms with Gasteiger partial charge in [-0.1, -0.05) is 38.1 Å². The van der Waals surface area contributed by atoms with Gasteiger partial charge < -0.3 is 10.1 Å². The molecule has 1 atom stereocenters. The van der Waals surface area contributed by atoms with E-state index in [0.717, 1.165) is 30.7 Å². The van der Waals surface area contributed by atoms with Crippen LogP contribution in [0, 0.1) is 0 Å². The number of rotatable bonds is 8. The Kier molecular flexibility index (Phi) is 6.96. The molecule has 0 fully saturated rings. The summed E-state index contributed by atoms with van der Waals surface area (Å²) < 4.78 is 5.65. The maximum Gasteiger partial charge on any atom is 0.138 e. The summed E-state index contributed by atoms with van der Waals surface area (Å²) in [5, 5.41) is 4.10. The number of ether oxygens (including phenoxy) is 1. The molecular formula is C16H24ClNO. The quantitative estimate of drug-likeness (QED) is 0.695. The summed E-state index contributed by atoms with van der Waals surface area (Å²) in [5.74, 6) is 0.725. The SMILES string of the molecule is C=C(CC)COc1ccc(C(C)NCCC)cc1Cl. The van der Waals surface area contributed by atoms with E-state index in [1.807, 2.05) is 12.1 Å². The molecule has 0 aliphatic heterocycles. The molecule has 1 unspecified atom stereocenters. The molecule has 1 rings (SSSR count). The van der Waals surface area contributed by atoms with Crippen LogP contribution in [0.4, 0.5) is 0 Å². The van der Waals surface area contributed by atoms with Crippen LogP contribution in [-0.2, 0) is 0 Å². The Morgan fingerprint density at radius 1 is 1.42 bits per heavy atom. The van der Waals surface area contributed by atoms with Crippen molar-refractivity contribution in [2.45, 2.75) is 39.7 Å². The van der Waals surface area contributed by atoms with Crippen molar-refractivity contribution in [3.8, 4) is 5.75 Å². The molecule has 0 saturated carbocycles. The third kappa shape index (κ3) is 5.25. The second-order valence-corrected chi connectivity index (χ2v) is 5.17. The van der Waals surface area contributed by atoms with Crippen molar-refractivity contribution in [1.82, 2.24) is 5.32 Å². The minimum Gasteiger partial charge on any atom is -0.488 e. The molecule has 2 nitrogen and oxygen atoms in total. The lowest BCUT2D eigenvalue weighted by Crippen LogP contribution is -2.19. The van der Waals surface area contributed by atoms with E-state index in [1.165, 1.54) is 5.56 Å². The minimum atomic E-state index is 0.303. The number of halogens is 1. The van der Waals surface area contributed by atoms with Gasteiger partial charge in [0, 0.05) is 6.04 Å². The first kappa shape index (κ1) is 16.1. The van der Waals surface area contributed by atoms with E-state index < -0.39 is 0 Å². The fourth-order valence-electron chi connectivity index (χ4n) is 1.66. The van der Waals surface area contributed by atoms with Crippen molar-refractivity contribution in [2.24, 2.45) is 0 Å². The van der Waals surface area contributed by atoms with Crippen LogP contribution in [0.15, 0.2) is 30.4 Å². The van der Waals surface area contributed by atoms with Crippen molar-refractivity contribution in [3.63, 3.8) is 0 Å². The van der Waals surface area contributed by atoms with E-state index >= 15 is 0 Å². The van der Waals surface area contributed by atoms with Crippen LogP contribution in [0.25, 0.3) is 0 Å². The normalized spacial score (nSPS) is 12.2. The summed E-state index contributed by atoms with van der Waals surface area (Å²) in [6.45, 7) is 11.8. The van der Waals surface area contributed by atoms with Crippen LogP contribution in [-0.4, -0.2) is 13.2 Å². The average Bonchev–Trinajstić information content (AvgIpc) is 2.42. The maximum atomic E-state index is 6.25. The van der Waals surface area contributed by atoms with Gasteiger partial charge in [-0.15, -0.1) is 0 Å². The fraction of sp³-hybridized carbons (Fsp3) is 0.500. The molecule has 1 aromatic rings. The first-order valence-corrected chi connectivity index (χ1v) is 7.28.